The summed E-state index contributed by atoms with van der Waals surface area (Å²) in [5, 5.41) is 3.48. The van der Waals surface area contributed by atoms with Crippen molar-refractivity contribution in [3.8, 4) is 0 Å². The van der Waals surface area contributed by atoms with Gasteiger partial charge in [-0.3, -0.25) is 0 Å². The van der Waals surface area contributed by atoms with Crippen LogP contribution in [0.1, 0.15) is 35.8 Å². The van der Waals surface area contributed by atoms with E-state index in [1.54, 1.807) is 18.4 Å². The highest BCUT2D eigenvalue weighted by molar-refractivity contribution is 7.90. The van der Waals surface area contributed by atoms with Crippen molar-refractivity contribution in [2.24, 2.45) is 0 Å². The summed E-state index contributed by atoms with van der Waals surface area (Å²) in [5.74, 6) is 1.04. The van der Waals surface area contributed by atoms with Crippen molar-refractivity contribution in [2.45, 2.75) is 37.1 Å². The highest BCUT2D eigenvalue weighted by atomic mass is 32.2. The predicted octanol–water partition coefficient (Wildman–Crippen LogP) is 3.48. The second-order valence-corrected chi connectivity index (χ2v) is 7.65. The van der Waals surface area contributed by atoms with Crippen molar-refractivity contribution in [2.75, 3.05) is 11.6 Å². The van der Waals surface area contributed by atoms with E-state index in [0.29, 0.717) is 4.90 Å². The fourth-order valence-electron chi connectivity index (χ4n) is 2.81. The molecule has 1 aromatic carbocycles. The van der Waals surface area contributed by atoms with E-state index in [-0.39, 0.29) is 6.04 Å². The van der Waals surface area contributed by atoms with Gasteiger partial charge in [-0.15, -0.1) is 0 Å². The Morgan fingerprint density at radius 2 is 2.10 bits per heavy atom. The van der Waals surface area contributed by atoms with Crippen molar-refractivity contribution in [3.05, 3.63) is 47.4 Å². The molecule has 1 atom stereocenters. The lowest BCUT2D eigenvalue weighted by Crippen LogP contribution is -2.16. The van der Waals surface area contributed by atoms with E-state index >= 15 is 0 Å². The van der Waals surface area contributed by atoms with Gasteiger partial charge in [0.25, 0.3) is 0 Å². The molecule has 4 nitrogen and oxygen atoms in total. The lowest BCUT2D eigenvalue weighted by atomic mass is 9.93. The Kier molecular flexibility index (Phi) is 3.53. The molecule has 0 amide bonds. The van der Waals surface area contributed by atoms with Crippen molar-refractivity contribution in [1.82, 2.24) is 0 Å². The lowest BCUT2D eigenvalue weighted by Gasteiger charge is -2.25. The third-order valence-electron chi connectivity index (χ3n) is 4.02. The summed E-state index contributed by atoms with van der Waals surface area (Å²) in [5.41, 5.74) is 3.10. The summed E-state index contributed by atoms with van der Waals surface area (Å²) >= 11 is 0. The number of benzene rings is 1. The van der Waals surface area contributed by atoms with Crippen LogP contribution in [-0.4, -0.2) is 14.7 Å². The Bertz CT molecular complexity index is 762. The number of rotatable bonds is 3. The van der Waals surface area contributed by atoms with Gasteiger partial charge < -0.3 is 9.73 Å². The number of aryl methyl sites for hydroxylation is 2. The van der Waals surface area contributed by atoms with Crippen LogP contribution in [0.15, 0.2) is 39.8 Å². The topological polar surface area (TPSA) is 59.3 Å². The summed E-state index contributed by atoms with van der Waals surface area (Å²) in [4.78, 5) is 0.346. The molecule has 0 aliphatic heterocycles. The number of sulfone groups is 1. The molecule has 2 aromatic rings. The summed E-state index contributed by atoms with van der Waals surface area (Å²) in [6, 6.07) is 7.40. The van der Waals surface area contributed by atoms with Gasteiger partial charge in [0.1, 0.15) is 5.76 Å². The van der Waals surface area contributed by atoms with Gasteiger partial charge >= 0.3 is 0 Å². The first-order valence-corrected chi connectivity index (χ1v) is 8.98. The molecule has 3 rings (SSSR count). The largest absolute Gasteiger partial charge is 0.469 e. The minimum atomic E-state index is -3.19. The molecule has 0 spiro atoms. The summed E-state index contributed by atoms with van der Waals surface area (Å²) in [7, 11) is -3.19. The number of fused-ring (bicyclic) bond motifs is 1. The zero-order chi connectivity index (χ0) is 15.0. The maximum absolute atomic E-state index is 11.7. The van der Waals surface area contributed by atoms with E-state index in [9.17, 15) is 8.42 Å². The molecule has 0 bridgehead atoms. The smallest absolute Gasteiger partial charge is 0.175 e. The molecule has 0 fully saturated rings. The normalized spacial score (nSPS) is 18.3. The molecule has 1 aliphatic rings. The number of hydrogen-bond acceptors (Lipinski definition) is 4. The second-order valence-electron chi connectivity index (χ2n) is 5.64. The predicted molar refractivity (Wildman–Crippen MR) is 82.3 cm³/mol. The minimum absolute atomic E-state index is 0.181. The van der Waals surface area contributed by atoms with Crippen molar-refractivity contribution >= 4 is 15.5 Å². The minimum Gasteiger partial charge on any atom is -0.469 e. The van der Waals surface area contributed by atoms with E-state index in [0.717, 1.165) is 36.3 Å². The highest BCUT2D eigenvalue weighted by Gasteiger charge is 2.23. The van der Waals surface area contributed by atoms with Crippen LogP contribution < -0.4 is 5.32 Å². The molecule has 0 saturated carbocycles. The Hall–Kier alpha value is -1.75. The zero-order valence-corrected chi connectivity index (χ0v) is 13.0. The van der Waals surface area contributed by atoms with Crippen LogP contribution in [-0.2, 0) is 16.3 Å². The average molecular weight is 305 g/mol. The van der Waals surface area contributed by atoms with E-state index < -0.39 is 9.84 Å². The maximum Gasteiger partial charge on any atom is 0.175 e. The molecule has 1 aliphatic carbocycles. The molecule has 5 heteroatoms. The number of nitrogens with one attached hydrogen (secondary N) is 1. The van der Waals surface area contributed by atoms with Gasteiger partial charge in [0.05, 0.1) is 17.2 Å². The first-order valence-electron chi connectivity index (χ1n) is 7.08. The van der Waals surface area contributed by atoms with Crippen molar-refractivity contribution in [3.63, 3.8) is 0 Å². The summed E-state index contributed by atoms with van der Waals surface area (Å²) < 4.78 is 28.9. The molecule has 1 N–H and O–H groups in total. The summed E-state index contributed by atoms with van der Waals surface area (Å²) in [6.45, 7) is 1.98. The van der Waals surface area contributed by atoms with E-state index in [1.807, 2.05) is 19.1 Å². The van der Waals surface area contributed by atoms with Crippen LogP contribution in [0.2, 0.25) is 0 Å². The Morgan fingerprint density at radius 1 is 1.29 bits per heavy atom. The van der Waals surface area contributed by atoms with Crippen LogP contribution in [0, 0.1) is 6.92 Å². The van der Waals surface area contributed by atoms with Crippen molar-refractivity contribution in [1.29, 1.82) is 0 Å². The first-order chi connectivity index (χ1) is 9.95. The van der Waals surface area contributed by atoms with Crippen LogP contribution >= 0.6 is 0 Å². The molecule has 1 unspecified atom stereocenters. The maximum atomic E-state index is 11.7. The van der Waals surface area contributed by atoms with Crippen LogP contribution in [0.25, 0.3) is 0 Å². The fraction of sp³-hybridized carbons (Fsp3) is 0.375. The Balaban J connectivity index is 1.93. The van der Waals surface area contributed by atoms with Gasteiger partial charge in [0.2, 0.25) is 0 Å². The third-order valence-corrected chi connectivity index (χ3v) is 5.13. The molecule has 0 saturated heterocycles. The van der Waals surface area contributed by atoms with Gasteiger partial charge in [-0.1, -0.05) is 6.07 Å². The monoisotopic (exact) mass is 305 g/mol. The lowest BCUT2D eigenvalue weighted by molar-refractivity contribution is 0.461. The Labute approximate surface area is 125 Å². The van der Waals surface area contributed by atoms with E-state index in [2.05, 4.69) is 5.32 Å². The van der Waals surface area contributed by atoms with Gasteiger partial charge in [-0.05, 0) is 43.5 Å². The average Bonchev–Trinajstić information content (AvgIpc) is 2.89. The standard InChI is InChI=1S/C16H19NO3S/c1-11-6-7-12(21(2,18)19)10-15(11)17-14-4-3-5-16-13(14)8-9-20-16/h6-10,14,17H,3-5H2,1-2H3. The van der Waals surface area contributed by atoms with Gasteiger partial charge in [-0.2, -0.15) is 0 Å². The molecular formula is C16H19NO3S. The third kappa shape index (κ3) is 2.83. The SMILES string of the molecule is Cc1ccc(S(C)(=O)=O)cc1NC1CCCc2occc21. The van der Waals surface area contributed by atoms with Crippen molar-refractivity contribution < 1.29 is 12.8 Å². The van der Waals surface area contributed by atoms with Crippen LogP contribution in [0.3, 0.4) is 0 Å². The fourth-order valence-corrected chi connectivity index (χ4v) is 3.46. The highest BCUT2D eigenvalue weighted by Crippen LogP contribution is 2.34. The molecule has 21 heavy (non-hydrogen) atoms. The van der Waals surface area contributed by atoms with Gasteiger partial charge in [0.15, 0.2) is 9.84 Å². The van der Waals surface area contributed by atoms with Gasteiger partial charge in [-0.25, -0.2) is 8.42 Å². The van der Waals surface area contributed by atoms with E-state index in [1.165, 1.54) is 11.8 Å². The zero-order valence-electron chi connectivity index (χ0n) is 12.2. The molecule has 1 heterocycles. The molecular weight excluding hydrogens is 286 g/mol. The number of furan rings is 1. The van der Waals surface area contributed by atoms with E-state index in [4.69, 9.17) is 4.42 Å². The molecule has 0 radical (unpaired) electrons. The molecule has 112 valence electrons. The Morgan fingerprint density at radius 3 is 2.86 bits per heavy atom. The molecule has 1 aromatic heterocycles. The number of anilines is 1. The van der Waals surface area contributed by atoms with Crippen LogP contribution in [0.4, 0.5) is 5.69 Å². The van der Waals surface area contributed by atoms with Crippen LogP contribution in [0.5, 0.6) is 0 Å². The summed E-state index contributed by atoms with van der Waals surface area (Å²) in [6.07, 6.45) is 6.03. The second kappa shape index (κ2) is 5.22. The van der Waals surface area contributed by atoms with Gasteiger partial charge in [0, 0.05) is 23.9 Å². The first kappa shape index (κ1) is 14.2. The quantitative estimate of drug-likeness (QED) is 0.943. The number of hydrogen-bond donors (Lipinski definition) is 1.